The zero-order valence-electron chi connectivity index (χ0n) is 17.5. The van der Waals surface area contributed by atoms with Crippen molar-refractivity contribution in [3.63, 3.8) is 0 Å². The molecule has 0 aliphatic carbocycles. The van der Waals surface area contributed by atoms with Crippen LogP contribution in [-0.2, 0) is 7.05 Å². The lowest BCUT2D eigenvalue weighted by Gasteiger charge is -2.20. The van der Waals surface area contributed by atoms with Gasteiger partial charge in [-0.1, -0.05) is 18.2 Å². The number of ether oxygens (including phenoxy) is 2. The molecule has 0 radical (unpaired) electrons. The molecule has 0 aliphatic rings. The van der Waals surface area contributed by atoms with Gasteiger partial charge in [0.05, 0.1) is 12.8 Å². The molecule has 0 fully saturated rings. The van der Waals surface area contributed by atoms with Gasteiger partial charge in [0, 0.05) is 30.6 Å². The lowest BCUT2D eigenvalue weighted by atomic mass is 9.96. The number of nitrogen functional groups attached to an aromatic ring is 1. The first-order valence-electron chi connectivity index (χ1n) is 9.80. The van der Waals surface area contributed by atoms with Crippen molar-refractivity contribution < 1.29 is 13.9 Å². The smallest absolute Gasteiger partial charge is 0.166 e. The molecule has 0 amide bonds. The summed E-state index contributed by atoms with van der Waals surface area (Å²) in [5.41, 5.74) is 10.2. The minimum atomic E-state index is -0.399. The van der Waals surface area contributed by atoms with Crippen molar-refractivity contribution in [1.29, 1.82) is 0 Å². The van der Waals surface area contributed by atoms with Crippen LogP contribution in [-0.4, -0.2) is 21.9 Å². The summed E-state index contributed by atoms with van der Waals surface area (Å²) in [6.45, 7) is 1.90. The van der Waals surface area contributed by atoms with Gasteiger partial charge in [-0.15, -0.1) is 0 Å². The first-order chi connectivity index (χ1) is 15.0. The zero-order valence-corrected chi connectivity index (χ0v) is 17.5. The highest BCUT2D eigenvalue weighted by Crippen LogP contribution is 2.35. The number of aryl methyl sites for hydroxylation is 1. The Balaban J connectivity index is 1.68. The van der Waals surface area contributed by atoms with Crippen LogP contribution in [0.2, 0.25) is 0 Å². The van der Waals surface area contributed by atoms with Crippen LogP contribution < -0.4 is 15.2 Å². The van der Waals surface area contributed by atoms with E-state index in [1.54, 1.807) is 30.3 Å². The average Bonchev–Trinajstić information content (AvgIpc) is 3.21. The quantitative estimate of drug-likeness (QED) is 0.476. The predicted octanol–water partition coefficient (Wildman–Crippen LogP) is 5.02. The van der Waals surface area contributed by atoms with E-state index in [4.69, 9.17) is 15.2 Å². The summed E-state index contributed by atoms with van der Waals surface area (Å²) in [6, 6.07) is 15.9. The molecule has 0 spiro atoms. The molecule has 1 atom stereocenters. The van der Waals surface area contributed by atoms with E-state index in [1.165, 1.54) is 12.1 Å². The summed E-state index contributed by atoms with van der Waals surface area (Å²) in [7, 11) is 3.46. The van der Waals surface area contributed by atoms with E-state index in [9.17, 15) is 4.39 Å². The number of anilines is 1. The number of nitrogens with zero attached hydrogens (tertiary/aromatic N) is 3. The molecule has 6 nitrogen and oxygen atoms in total. The van der Waals surface area contributed by atoms with Gasteiger partial charge in [0.25, 0.3) is 0 Å². The molecule has 0 unspecified atom stereocenters. The molecule has 0 bridgehead atoms. The number of hydrogen-bond donors (Lipinski definition) is 1. The Kier molecular flexibility index (Phi) is 5.58. The van der Waals surface area contributed by atoms with Crippen LogP contribution >= 0.6 is 0 Å². The molecule has 7 heteroatoms. The average molecular weight is 418 g/mol. The van der Waals surface area contributed by atoms with Crippen molar-refractivity contribution in [2.24, 2.45) is 7.05 Å². The van der Waals surface area contributed by atoms with Gasteiger partial charge in [0.15, 0.2) is 11.6 Å². The van der Waals surface area contributed by atoms with Gasteiger partial charge in [-0.3, -0.25) is 4.68 Å². The summed E-state index contributed by atoms with van der Waals surface area (Å²) in [5, 5.41) is 4.19. The summed E-state index contributed by atoms with van der Waals surface area (Å²) in [6.07, 6.45) is 3.00. The highest BCUT2D eigenvalue weighted by Gasteiger charge is 2.17. The maximum atomic E-state index is 14.1. The second-order valence-corrected chi connectivity index (χ2v) is 7.17. The van der Waals surface area contributed by atoms with Crippen molar-refractivity contribution in [3.05, 3.63) is 78.4 Å². The fraction of sp³-hybridized carbons (Fsp3) is 0.167. The first kappa shape index (κ1) is 20.4. The van der Waals surface area contributed by atoms with Gasteiger partial charge in [0.2, 0.25) is 0 Å². The summed E-state index contributed by atoms with van der Waals surface area (Å²) in [5.74, 6) is 1.15. The number of halogens is 1. The molecule has 2 N–H and O–H groups in total. The number of aromatic nitrogens is 3. The molecule has 2 aromatic carbocycles. The van der Waals surface area contributed by atoms with Gasteiger partial charge in [-0.05, 0) is 54.4 Å². The third kappa shape index (κ3) is 4.21. The lowest BCUT2D eigenvalue weighted by molar-refractivity contribution is 0.228. The maximum Gasteiger partial charge on any atom is 0.166 e. The van der Waals surface area contributed by atoms with Crippen molar-refractivity contribution in [2.75, 3.05) is 12.8 Å². The topological polar surface area (TPSA) is 75.2 Å². The molecular formula is C24H23FN4O2. The minimum Gasteiger partial charge on any atom is -0.497 e. The molecule has 0 saturated carbocycles. The largest absolute Gasteiger partial charge is 0.497 e. The van der Waals surface area contributed by atoms with E-state index in [0.717, 1.165) is 33.7 Å². The van der Waals surface area contributed by atoms with E-state index in [-0.39, 0.29) is 11.6 Å². The molecule has 4 rings (SSSR count). The lowest BCUT2D eigenvalue weighted by Crippen LogP contribution is -2.08. The summed E-state index contributed by atoms with van der Waals surface area (Å²) >= 11 is 0. The SMILES string of the molecule is COc1ccc(-c2cc(F)ccc2[C@@H](C)Oc2cc(-c3ccnn3C)cnc2N)cc1. The van der Waals surface area contributed by atoms with Crippen LogP contribution in [0.1, 0.15) is 18.6 Å². The monoisotopic (exact) mass is 418 g/mol. The van der Waals surface area contributed by atoms with Crippen LogP contribution in [0.25, 0.3) is 22.4 Å². The minimum absolute atomic E-state index is 0.283. The van der Waals surface area contributed by atoms with Crippen molar-refractivity contribution in [3.8, 4) is 33.9 Å². The highest BCUT2D eigenvalue weighted by molar-refractivity contribution is 5.69. The van der Waals surface area contributed by atoms with E-state index in [2.05, 4.69) is 10.1 Å². The molecule has 2 aromatic heterocycles. The first-order valence-corrected chi connectivity index (χ1v) is 9.80. The molecule has 0 saturated heterocycles. The van der Waals surface area contributed by atoms with Crippen LogP contribution in [0.15, 0.2) is 67.0 Å². The van der Waals surface area contributed by atoms with E-state index < -0.39 is 6.10 Å². The van der Waals surface area contributed by atoms with Gasteiger partial charge >= 0.3 is 0 Å². The zero-order chi connectivity index (χ0) is 22.0. The van der Waals surface area contributed by atoms with Crippen LogP contribution in [0.3, 0.4) is 0 Å². The van der Waals surface area contributed by atoms with Gasteiger partial charge in [-0.2, -0.15) is 5.10 Å². The Bertz CT molecular complexity index is 1200. The predicted molar refractivity (Wildman–Crippen MR) is 118 cm³/mol. The molecule has 158 valence electrons. The number of methoxy groups -OCH3 is 1. The summed E-state index contributed by atoms with van der Waals surface area (Å²) < 4.78 is 27.2. The number of rotatable bonds is 6. The molecule has 0 aliphatic heterocycles. The van der Waals surface area contributed by atoms with Crippen molar-refractivity contribution in [1.82, 2.24) is 14.8 Å². The molecular weight excluding hydrogens is 395 g/mol. The van der Waals surface area contributed by atoms with Gasteiger partial charge < -0.3 is 15.2 Å². The van der Waals surface area contributed by atoms with Gasteiger partial charge in [0.1, 0.15) is 17.7 Å². The molecule has 31 heavy (non-hydrogen) atoms. The molecule has 2 heterocycles. The number of benzene rings is 2. The maximum absolute atomic E-state index is 14.1. The Hall–Kier alpha value is -3.87. The highest BCUT2D eigenvalue weighted by atomic mass is 19.1. The third-order valence-corrected chi connectivity index (χ3v) is 5.16. The van der Waals surface area contributed by atoms with Crippen LogP contribution in [0.4, 0.5) is 10.2 Å². The van der Waals surface area contributed by atoms with E-state index in [0.29, 0.717) is 5.75 Å². The standard InChI is InChI=1S/C24H23FN4O2/c1-15(31-23-12-17(14-27-24(23)26)22-10-11-28-29(22)2)20-9-6-18(25)13-21(20)16-4-7-19(30-3)8-5-16/h4-15H,1-3H3,(H2,26,27)/t15-/m1/s1. The van der Waals surface area contributed by atoms with Crippen molar-refractivity contribution >= 4 is 5.82 Å². The Morgan fingerprint density at radius 1 is 1.03 bits per heavy atom. The Morgan fingerprint density at radius 3 is 2.48 bits per heavy atom. The third-order valence-electron chi connectivity index (χ3n) is 5.16. The van der Waals surface area contributed by atoms with Gasteiger partial charge in [-0.25, -0.2) is 9.37 Å². The van der Waals surface area contributed by atoms with E-state index >= 15 is 0 Å². The normalized spacial score (nSPS) is 11.9. The Labute approximate surface area is 180 Å². The number of pyridine rings is 1. The van der Waals surface area contributed by atoms with Crippen LogP contribution in [0.5, 0.6) is 11.5 Å². The van der Waals surface area contributed by atoms with Crippen molar-refractivity contribution in [2.45, 2.75) is 13.0 Å². The fourth-order valence-electron chi connectivity index (χ4n) is 3.50. The second kappa shape index (κ2) is 8.47. The van der Waals surface area contributed by atoms with E-state index in [1.807, 2.05) is 50.4 Å². The summed E-state index contributed by atoms with van der Waals surface area (Å²) in [4.78, 5) is 4.27. The number of hydrogen-bond acceptors (Lipinski definition) is 5. The number of nitrogens with two attached hydrogens (primary N) is 1. The van der Waals surface area contributed by atoms with Crippen LogP contribution in [0, 0.1) is 5.82 Å². The Morgan fingerprint density at radius 2 is 1.81 bits per heavy atom. The molecule has 4 aromatic rings. The second-order valence-electron chi connectivity index (χ2n) is 7.17. The fourth-order valence-corrected chi connectivity index (χ4v) is 3.50.